The van der Waals surface area contributed by atoms with Gasteiger partial charge in [0.15, 0.2) is 6.29 Å². The van der Waals surface area contributed by atoms with E-state index in [4.69, 9.17) is 16.3 Å². The first-order valence-electron chi connectivity index (χ1n) is 3.63. The van der Waals surface area contributed by atoms with Gasteiger partial charge in [-0.1, -0.05) is 11.6 Å². The van der Waals surface area contributed by atoms with E-state index < -0.39 is 0 Å². The van der Waals surface area contributed by atoms with Crippen molar-refractivity contribution in [3.63, 3.8) is 0 Å². The van der Waals surface area contributed by atoms with Crippen LogP contribution in [-0.4, -0.2) is 18.5 Å². The average molecular weight is 201 g/mol. The number of phenols is 1. The summed E-state index contributed by atoms with van der Waals surface area (Å²) in [6.07, 6.45) is 0.652. The van der Waals surface area contributed by atoms with E-state index in [9.17, 15) is 9.90 Å². The van der Waals surface area contributed by atoms with E-state index in [1.54, 1.807) is 6.92 Å². The Morgan fingerprint density at radius 3 is 2.69 bits per heavy atom. The minimum absolute atomic E-state index is 0.0818. The second-order valence-electron chi connectivity index (χ2n) is 2.57. The van der Waals surface area contributed by atoms with Gasteiger partial charge in [-0.25, -0.2) is 0 Å². The van der Waals surface area contributed by atoms with Crippen LogP contribution in [0.25, 0.3) is 0 Å². The lowest BCUT2D eigenvalue weighted by molar-refractivity contribution is 0.112. The number of aldehydes is 1. The third kappa shape index (κ3) is 1.60. The lowest BCUT2D eigenvalue weighted by Crippen LogP contribution is -1.94. The zero-order valence-corrected chi connectivity index (χ0v) is 8.05. The van der Waals surface area contributed by atoms with Gasteiger partial charge < -0.3 is 9.84 Å². The maximum Gasteiger partial charge on any atom is 0.154 e. The summed E-state index contributed by atoms with van der Waals surface area (Å²) < 4.78 is 4.90. The van der Waals surface area contributed by atoms with Crippen LogP contribution in [0, 0.1) is 6.92 Å². The Morgan fingerprint density at radius 2 is 2.23 bits per heavy atom. The Bertz CT molecular complexity index is 347. The summed E-state index contributed by atoms with van der Waals surface area (Å²) in [6.45, 7) is 1.65. The molecular formula is C9H9ClO3. The Balaban J connectivity index is 3.47. The molecule has 0 unspecified atom stereocenters. The van der Waals surface area contributed by atoms with Crippen molar-refractivity contribution in [2.75, 3.05) is 7.11 Å². The molecule has 0 aliphatic rings. The number of rotatable bonds is 2. The quantitative estimate of drug-likeness (QED) is 0.745. The van der Waals surface area contributed by atoms with Crippen molar-refractivity contribution in [1.29, 1.82) is 0 Å². The summed E-state index contributed by atoms with van der Waals surface area (Å²) in [5, 5.41) is 9.49. The summed E-state index contributed by atoms with van der Waals surface area (Å²) in [5.41, 5.74) is 0.888. The fourth-order valence-corrected chi connectivity index (χ4v) is 1.23. The number of methoxy groups -OCH3 is 1. The standard InChI is InChI=1S/C9H9ClO3/c1-5-6(4-11)8(13-2)3-7(12)9(5)10/h3-4,12H,1-2H3. The molecule has 0 spiro atoms. The molecule has 0 saturated carbocycles. The number of carbonyl (C=O) groups excluding carboxylic acids is 1. The Hall–Kier alpha value is -1.22. The molecule has 0 amide bonds. The summed E-state index contributed by atoms with van der Waals surface area (Å²) in [5.74, 6) is 0.246. The number of ether oxygens (including phenoxy) is 1. The van der Waals surface area contributed by atoms with Gasteiger partial charge in [0, 0.05) is 6.07 Å². The van der Waals surface area contributed by atoms with E-state index in [-0.39, 0.29) is 10.8 Å². The minimum atomic E-state index is -0.0818. The molecule has 4 heteroatoms. The minimum Gasteiger partial charge on any atom is -0.506 e. The van der Waals surface area contributed by atoms with Gasteiger partial charge in [-0.15, -0.1) is 0 Å². The highest BCUT2D eigenvalue weighted by Crippen LogP contribution is 2.34. The van der Waals surface area contributed by atoms with E-state index in [1.165, 1.54) is 13.2 Å². The van der Waals surface area contributed by atoms with Crippen molar-refractivity contribution < 1.29 is 14.6 Å². The molecule has 1 aromatic rings. The summed E-state index contributed by atoms with van der Waals surface area (Å²) in [7, 11) is 1.43. The Morgan fingerprint density at radius 1 is 1.62 bits per heavy atom. The molecule has 1 aromatic carbocycles. The van der Waals surface area contributed by atoms with Crippen LogP contribution in [0.15, 0.2) is 6.07 Å². The van der Waals surface area contributed by atoms with Crippen molar-refractivity contribution >= 4 is 17.9 Å². The van der Waals surface area contributed by atoms with Gasteiger partial charge in [-0.3, -0.25) is 4.79 Å². The van der Waals surface area contributed by atoms with Crippen molar-refractivity contribution in [1.82, 2.24) is 0 Å². The molecule has 70 valence electrons. The third-order valence-corrected chi connectivity index (χ3v) is 2.31. The van der Waals surface area contributed by atoms with Gasteiger partial charge in [-0.2, -0.15) is 0 Å². The van der Waals surface area contributed by atoms with Crippen LogP contribution < -0.4 is 4.74 Å². The van der Waals surface area contributed by atoms with Gasteiger partial charge in [-0.05, 0) is 12.5 Å². The molecule has 0 saturated heterocycles. The predicted molar refractivity (Wildman–Crippen MR) is 49.8 cm³/mol. The van der Waals surface area contributed by atoms with Crippen LogP contribution in [0.4, 0.5) is 0 Å². The highest BCUT2D eigenvalue weighted by Gasteiger charge is 2.12. The molecule has 1 rings (SSSR count). The molecule has 3 nitrogen and oxygen atoms in total. The number of phenolic OH excluding ortho intramolecular Hbond substituents is 1. The lowest BCUT2D eigenvalue weighted by atomic mass is 10.1. The molecule has 0 aliphatic heterocycles. The fraction of sp³-hybridized carbons (Fsp3) is 0.222. The van der Waals surface area contributed by atoms with Crippen molar-refractivity contribution in [3.8, 4) is 11.5 Å². The monoisotopic (exact) mass is 200 g/mol. The molecule has 0 bridgehead atoms. The van der Waals surface area contributed by atoms with Crippen molar-refractivity contribution in [3.05, 3.63) is 22.2 Å². The Kier molecular flexibility index (Phi) is 2.78. The van der Waals surface area contributed by atoms with Crippen LogP contribution in [0.3, 0.4) is 0 Å². The first-order chi connectivity index (χ1) is 6.11. The van der Waals surface area contributed by atoms with Crippen LogP contribution in [-0.2, 0) is 0 Å². The zero-order chi connectivity index (χ0) is 10.0. The summed E-state index contributed by atoms with van der Waals surface area (Å²) >= 11 is 5.73. The molecule has 0 radical (unpaired) electrons. The first-order valence-corrected chi connectivity index (χ1v) is 4.00. The van der Waals surface area contributed by atoms with Crippen molar-refractivity contribution in [2.45, 2.75) is 6.92 Å². The average Bonchev–Trinajstić information content (AvgIpc) is 2.13. The second kappa shape index (κ2) is 3.66. The lowest BCUT2D eigenvalue weighted by Gasteiger charge is -2.09. The van der Waals surface area contributed by atoms with Gasteiger partial charge >= 0.3 is 0 Å². The van der Waals surface area contributed by atoms with Crippen molar-refractivity contribution in [2.24, 2.45) is 0 Å². The number of hydrogen-bond acceptors (Lipinski definition) is 3. The maximum atomic E-state index is 10.7. The normalized spacial score (nSPS) is 9.77. The van der Waals surface area contributed by atoms with E-state index >= 15 is 0 Å². The highest BCUT2D eigenvalue weighted by molar-refractivity contribution is 6.33. The van der Waals surface area contributed by atoms with E-state index in [2.05, 4.69) is 0 Å². The first kappa shape index (κ1) is 9.86. The highest BCUT2D eigenvalue weighted by atomic mass is 35.5. The number of carbonyl (C=O) groups is 1. The number of benzene rings is 1. The number of hydrogen-bond donors (Lipinski definition) is 1. The number of halogens is 1. The fourth-order valence-electron chi connectivity index (χ4n) is 1.08. The second-order valence-corrected chi connectivity index (χ2v) is 2.95. The smallest absolute Gasteiger partial charge is 0.154 e. The van der Waals surface area contributed by atoms with Gasteiger partial charge in [0.25, 0.3) is 0 Å². The maximum absolute atomic E-state index is 10.7. The largest absolute Gasteiger partial charge is 0.506 e. The molecule has 13 heavy (non-hydrogen) atoms. The van der Waals surface area contributed by atoms with E-state index in [0.29, 0.717) is 23.2 Å². The zero-order valence-electron chi connectivity index (χ0n) is 7.30. The van der Waals surface area contributed by atoms with E-state index in [0.717, 1.165) is 0 Å². The Labute approximate surface area is 80.9 Å². The third-order valence-electron chi connectivity index (χ3n) is 1.83. The van der Waals surface area contributed by atoms with Gasteiger partial charge in [0.05, 0.1) is 17.7 Å². The molecular weight excluding hydrogens is 192 g/mol. The van der Waals surface area contributed by atoms with Crippen LogP contribution in [0.1, 0.15) is 15.9 Å². The molecule has 0 aliphatic carbocycles. The van der Waals surface area contributed by atoms with Crippen LogP contribution in [0.5, 0.6) is 11.5 Å². The molecule has 0 heterocycles. The molecule has 0 fully saturated rings. The molecule has 0 atom stereocenters. The van der Waals surface area contributed by atoms with Crippen LogP contribution >= 0.6 is 11.6 Å². The predicted octanol–water partition coefficient (Wildman–Crippen LogP) is 2.18. The topological polar surface area (TPSA) is 46.5 Å². The molecule has 0 aromatic heterocycles. The number of aromatic hydroxyl groups is 1. The van der Waals surface area contributed by atoms with Gasteiger partial charge in [0.1, 0.15) is 11.5 Å². The van der Waals surface area contributed by atoms with Gasteiger partial charge in [0.2, 0.25) is 0 Å². The van der Waals surface area contributed by atoms with Crippen LogP contribution in [0.2, 0.25) is 5.02 Å². The summed E-state index contributed by atoms with van der Waals surface area (Å²) in [4.78, 5) is 10.7. The summed E-state index contributed by atoms with van der Waals surface area (Å²) in [6, 6.07) is 1.32. The molecule has 1 N–H and O–H groups in total. The SMILES string of the molecule is COc1cc(O)c(Cl)c(C)c1C=O. The van der Waals surface area contributed by atoms with E-state index in [1.807, 2.05) is 0 Å².